The summed E-state index contributed by atoms with van der Waals surface area (Å²) in [6, 6.07) is -0.142. The molecule has 0 radical (unpaired) electrons. The van der Waals surface area contributed by atoms with Crippen molar-refractivity contribution in [2.24, 2.45) is 0 Å². The van der Waals surface area contributed by atoms with Crippen LogP contribution in [0, 0.1) is 0 Å². The number of hydrogen-bond donors (Lipinski definition) is 1. The monoisotopic (exact) mass is 270 g/mol. The predicted molar refractivity (Wildman–Crippen MR) is 69.0 cm³/mol. The average molecular weight is 270 g/mol. The third kappa shape index (κ3) is 2.54. The summed E-state index contributed by atoms with van der Waals surface area (Å²) in [6.07, 6.45) is 2.62. The number of carbonyl (C=O) groups is 2. The number of nitrogens with zero attached hydrogens (tertiary/aromatic N) is 2. The van der Waals surface area contributed by atoms with Crippen LogP contribution in [0.3, 0.4) is 0 Å². The van der Waals surface area contributed by atoms with E-state index >= 15 is 0 Å². The molecule has 0 aromatic rings. The predicted octanol–water partition coefficient (Wildman–Crippen LogP) is 1.16. The third-order valence-corrected chi connectivity index (χ3v) is 4.06. The van der Waals surface area contributed by atoms with Gasteiger partial charge < -0.3 is 19.6 Å². The standard InChI is InChI=1S/C13H22N2O4/c1-2-4-13(11(16)17)5-3-6-15(13)12(18)14-7-9-19-10-8-14/h2-10H2,1H3,(H,16,17). The van der Waals surface area contributed by atoms with E-state index in [9.17, 15) is 14.7 Å². The summed E-state index contributed by atoms with van der Waals surface area (Å²) in [5.74, 6) is -0.867. The molecule has 6 nitrogen and oxygen atoms in total. The topological polar surface area (TPSA) is 70.1 Å². The molecule has 2 heterocycles. The molecule has 0 spiro atoms. The number of hydrogen-bond acceptors (Lipinski definition) is 3. The molecule has 2 amide bonds. The zero-order chi connectivity index (χ0) is 13.9. The fraction of sp³-hybridized carbons (Fsp3) is 0.846. The second-order valence-corrected chi connectivity index (χ2v) is 5.22. The van der Waals surface area contributed by atoms with Crippen molar-refractivity contribution in [2.75, 3.05) is 32.8 Å². The van der Waals surface area contributed by atoms with Gasteiger partial charge in [0, 0.05) is 19.6 Å². The Bertz CT molecular complexity index is 355. The highest BCUT2D eigenvalue weighted by Crippen LogP contribution is 2.35. The Morgan fingerprint density at radius 3 is 2.53 bits per heavy atom. The van der Waals surface area contributed by atoms with E-state index in [4.69, 9.17) is 4.74 Å². The number of aliphatic carboxylic acids is 1. The summed E-state index contributed by atoms with van der Waals surface area (Å²) >= 11 is 0. The first-order valence-electron chi connectivity index (χ1n) is 6.99. The molecule has 19 heavy (non-hydrogen) atoms. The van der Waals surface area contributed by atoms with Crippen LogP contribution in [-0.4, -0.2) is 65.3 Å². The van der Waals surface area contributed by atoms with E-state index in [2.05, 4.69) is 0 Å². The minimum atomic E-state index is -0.996. The maximum Gasteiger partial charge on any atom is 0.329 e. The Morgan fingerprint density at radius 1 is 1.26 bits per heavy atom. The van der Waals surface area contributed by atoms with E-state index in [1.165, 1.54) is 0 Å². The Hall–Kier alpha value is -1.30. The van der Waals surface area contributed by atoms with Gasteiger partial charge in [0.15, 0.2) is 0 Å². The molecule has 0 bridgehead atoms. The van der Waals surface area contributed by atoms with Gasteiger partial charge >= 0.3 is 12.0 Å². The molecule has 0 aliphatic carbocycles. The van der Waals surface area contributed by atoms with E-state index in [1.807, 2.05) is 6.92 Å². The molecular weight excluding hydrogens is 248 g/mol. The first-order chi connectivity index (χ1) is 9.12. The molecule has 2 aliphatic heterocycles. The van der Waals surface area contributed by atoms with Crippen LogP contribution in [0.5, 0.6) is 0 Å². The Labute approximate surface area is 113 Å². The summed E-state index contributed by atoms with van der Waals surface area (Å²) < 4.78 is 5.23. The average Bonchev–Trinajstić information content (AvgIpc) is 2.84. The van der Waals surface area contributed by atoms with Crippen molar-refractivity contribution in [1.82, 2.24) is 9.80 Å². The molecule has 1 atom stereocenters. The summed E-state index contributed by atoms with van der Waals surface area (Å²) in [5.41, 5.74) is -0.996. The van der Waals surface area contributed by atoms with E-state index in [-0.39, 0.29) is 6.03 Å². The van der Waals surface area contributed by atoms with Crippen LogP contribution in [0.1, 0.15) is 32.6 Å². The first-order valence-corrected chi connectivity index (χ1v) is 6.99. The SMILES string of the molecule is CCCC1(C(=O)O)CCCN1C(=O)N1CCOCC1. The summed E-state index contributed by atoms with van der Waals surface area (Å²) in [5, 5.41) is 9.58. The highest BCUT2D eigenvalue weighted by molar-refractivity contribution is 5.87. The highest BCUT2D eigenvalue weighted by Gasteiger charge is 2.50. The number of carboxylic acid groups (broad SMARTS) is 1. The number of amides is 2. The van der Waals surface area contributed by atoms with Crippen LogP contribution in [-0.2, 0) is 9.53 Å². The van der Waals surface area contributed by atoms with Gasteiger partial charge in [-0.1, -0.05) is 13.3 Å². The molecule has 2 saturated heterocycles. The zero-order valence-electron chi connectivity index (χ0n) is 11.4. The van der Waals surface area contributed by atoms with Crippen molar-refractivity contribution in [3.63, 3.8) is 0 Å². The number of ether oxygens (including phenoxy) is 1. The lowest BCUT2D eigenvalue weighted by atomic mass is 9.91. The van der Waals surface area contributed by atoms with Gasteiger partial charge in [0.1, 0.15) is 5.54 Å². The normalized spacial score (nSPS) is 27.6. The van der Waals surface area contributed by atoms with Gasteiger partial charge in [-0.2, -0.15) is 0 Å². The van der Waals surface area contributed by atoms with Crippen LogP contribution in [0.4, 0.5) is 4.79 Å². The lowest BCUT2D eigenvalue weighted by Crippen LogP contribution is -2.58. The van der Waals surface area contributed by atoms with Crippen LogP contribution in [0.2, 0.25) is 0 Å². The lowest BCUT2D eigenvalue weighted by molar-refractivity contribution is -0.149. The van der Waals surface area contributed by atoms with Gasteiger partial charge in [-0.05, 0) is 19.3 Å². The molecule has 1 N–H and O–H groups in total. The molecule has 2 aliphatic rings. The van der Waals surface area contributed by atoms with Crippen molar-refractivity contribution in [3.05, 3.63) is 0 Å². The number of urea groups is 1. The zero-order valence-corrected chi connectivity index (χ0v) is 11.4. The summed E-state index contributed by atoms with van der Waals surface area (Å²) in [6.45, 7) is 4.68. The fourth-order valence-electron chi connectivity index (χ4n) is 3.09. The molecule has 2 fully saturated rings. The number of rotatable bonds is 3. The lowest BCUT2D eigenvalue weighted by Gasteiger charge is -2.39. The maximum absolute atomic E-state index is 12.5. The summed E-state index contributed by atoms with van der Waals surface area (Å²) in [4.78, 5) is 27.5. The Kier molecular flexibility index (Phi) is 4.29. The number of morpholine rings is 1. The smallest absolute Gasteiger partial charge is 0.329 e. The van der Waals surface area contributed by atoms with E-state index in [0.29, 0.717) is 45.7 Å². The molecule has 6 heteroatoms. The molecule has 0 aromatic heterocycles. The van der Waals surface area contributed by atoms with Gasteiger partial charge in [0.05, 0.1) is 13.2 Å². The van der Waals surface area contributed by atoms with Gasteiger partial charge in [-0.25, -0.2) is 9.59 Å². The van der Waals surface area contributed by atoms with Crippen LogP contribution < -0.4 is 0 Å². The molecule has 108 valence electrons. The fourth-order valence-corrected chi connectivity index (χ4v) is 3.09. The van der Waals surface area contributed by atoms with Crippen LogP contribution in [0.25, 0.3) is 0 Å². The van der Waals surface area contributed by atoms with Gasteiger partial charge in [0.25, 0.3) is 0 Å². The van der Waals surface area contributed by atoms with E-state index < -0.39 is 11.5 Å². The Morgan fingerprint density at radius 2 is 1.95 bits per heavy atom. The van der Waals surface area contributed by atoms with Gasteiger partial charge in [-0.3, -0.25) is 0 Å². The number of likely N-dealkylation sites (tertiary alicyclic amines) is 1. The van der Waals surface area contributed by atoms with Crippen molar-refractivity contribution < 1.29 is 19.4 Å². The molecule has 0 saturated carbocycles. The maximum atomic E-state index is 12.5. The van der Waals surface area contributed by atoms with Crippen LogP contribution >= 0.6 is 0 Å². The second-order valence-electron chi connectivity index (χ2n) is 5.22. The minimum Gasteiger partial charge on any atom is -0.479 e. The highest BCUT2D eigenvalue weighted by atomic mass is 16.5. The number of carbonyl (C=O) groups excluding carboxylic acids is 1. The van der Waals surface area contributed by atoms with Gasteiger partial charge in [-0.15, -0.1) is 0 Å². The van der Waals surface area contributed by atoms with E-state index in [0.717, 1.165) is 12.8 Å². The molecule has 1 unspecified atom stereocenters. The number of carboxylic acids is 1. The largest absolute Gasteiger partial charge is 0.479 e. The molecular formula is C13H22N2O4. The second kappa shape index (κ2) is 5.77. The third-order valence-electron chi connectivity index (χ3n) is 4.06. The quantitative estimate of drug-likeness (QED) is 0.835. The minimum absolute atomic E-state index is 0.142. The van der Waals surface area contributed by atoms with Crippen molar-refractivity contribution in [2.45, 2.75) is 38.1 Å². The first kappa shape index (κ1) is 14.1. The van der Waals surface area contributed by atoms with Crippen molar-refractivity contribution in [1.29, 1.82) is 0 Å². The Balaban J connectivity index is 2.16. The van der Waals surface area contributed by atoms with Crippen molar-refractivity contribution in [3.8, 4) is 0 Å². The molecule has 2 rings (SSSR count). The molecule has 0 aromatic carbocycles. The van der Waals surface area contributed by atoms with Crippen LogP contribution in [0.15, 0.2) is 0 Å². The van der Waals surface area contributed by atoms with E-state index in [1.54, 1.807) is 9.80 Å². The van der Waals surface area contributed by atoms with Gasteiger partial charge in [0.2, 0.25) is 0 Å². The van der Waals surface area contributed by atoms with Crippen molar-refractivity contribution >= 4 is 12.0 Å². The summed E-state index contributed by atoms with van der Waals surface area (Å²) in [7, 11) is 0.